The highest BCUT2D eigenvalue weighted by molar-refractivity contribution is 9.08. The third-order valence-corrected chi connectivity index (χ3v) is 2.32. The number of rotatable bonds is 3. The molecule has 80 valence electrons. The molecule has 0 aliphatic carbocycles. The molecule has 1 aromatic rings. The second kappa shape index (κ2) is 4.35. The lowest BCUT2D eigenvalue weighted by molar-refractivity contribution is -0.385. The van der Waals surface area contributed by atoms with Gasteiger partial charge in [-0.05, 0) is 11.6 Å². The molecular formula is C8H5BrFNO4. The maximum atomic E-state index is 12.9. The molecule has 0 spiro atoms. The summed E-state index contributed by atoms with van der Waals surface area (Å²) in [6, 6.07) is 1.54. The molecule has 0 aromatic heterocycles. The van der Waals surface area contributed by atoms with E-state index in [2.05, 4.69) is 15.9 Å². The number of aromatic carboxylic acids is 1. The van der Waals surface area contributed by atoms with E-state index < -0.39 is 28.0 Å². The summed E-state index contributed by atoms with van der Waals surface area (Å²) in [6.07, 6.45) is 0. The fraction of sp³-hybridized carbons (Fsp3) is 0.125. The number of nitrogens with zero attached hydrogens (tertiary/aromatic N) is 1. The zero-order valence-corrected chi connectivity index (χ0v) is 8.82. The van der Waals surface area contributed by atoms with Crippen LogP contribution in [-0.4, -0.2) is 16.0 Å². The maximum Gasteiger partial charge on any atom is 0.343 e. The van der Waals surface area contributed by atoms with Gasteiger partial charge in [-0.1, -0.05) is 15.9 Å². The first-order valence-corrected chi connectivity index (χ1v) is 4.85. The molecule has 0 amide bonds. The van der Waals surface area contributed by atoms with Crippen LogP contribution in [0.15, 0.2) is 12.1 Å². The van der Waals surface area contributed by atoms with Gasteiger partial charge in [0.05, 0.1) is 11.0 Å². The molecule has 0 heterocycles. The van der Waals surface area contributed by atoms with Gasteiger partial charge in [-0.2, -0.15) is 0 Å². The molecule has 7 heteroatoms. The van der Waals surface area contributed by atoms with Gasteiger partial charge in [0.15, 0.2) is 0 Å². The van der Waals surface area contributed by atoms with Crippen molar-refractivity contribution in [3.8, 4) is 0 Å². The van der Waals surface area contributed by atoms with Crippen LogP contribution in [0, 0.1) is 15.9 Å². The Morgan fingerprint density at radius 3 is 2.60 bits per heavy atom. The summed E-state index contributed by atoms with van der Waals surface area (Å²) in [5, 5.41) is 19.3. The van der Waals surface area contributed by atoms with E-state index in [1.165, 1.54) is 0 Å². The largest absolute Gasteiger partial charge is 0.477 e. The molecule has 1 aromatic carbocycles. The van der Waals surface area contributed by atoms with Crippen LogP contribution in [0.1, 0.15) is 15.9 Å². The van der Waals surface area contributed by atoms with E-state index in [-0.39, 0.29) is 10.9 Å². The summed E-state index contributed by atoms with van der Waals surface area (Å²) >= 11 is 2.94. The number of nitro groups is 1. The zero-order chi connectivity index (χ0) is 11.6. The normalized spacial score (nSPS) is 10.0. The molecule has 0 saturated carbocycles. The van der Waals surface area contributed by atoms with Crippen molar-refractivity contribution in [2.75, 3.05) is 0 Å². The van der Waals surface area contributed by atoms with E-state index in [1.807, 2.05) is 0 Å². The van der Waals surface area contributed by atoms with Crippen molar-refractivity contribution in [1.82, 2.24) is 0 Å². The van der Waals surface area contributed by atoms with Gasteiger partial charge in [0.2, 0.25) is 0 Å². The van der Waals surface area contributed by atoms with Crippen molar-refractivity contribution in [1.29, 1.82) is 0 Å². The Bertz CT molecular complexity index is 435. The van der Waals surface area contributed by atoms with Crippen LogP contribution in [0.3, 0.4) is 0 Å². The second-order valence-electron chi connectivity index (χ2n) is 2.65. The quantitative estimate of drug-likeness (QED) is 0.522. The Labute approximate surface area is 91.8 Å². The highest BCUT2D eigenvalue weighted by atomic mass is 79.9. The van der Waals surface area contributed by atoms with Gasteiger partial charge < -0.3 is 5.11 Å². The number of nitro benzene ring substituents is 1. The third kappa shape index (κ3) is 2.30. The molecule has 0 aliphatic heterocycles. The number of halogens is 2. The van der Waals surface area contributed by atoms with E-state index in [1.54, 1.807) is 0 Å². The third-order valence-electron chi connectivity index (χ3n) is 1.72. The number of benzene rings is 1. The van der Waals surface area contributed by atoms with Gasteiger partial charge >= 0.3 is 5.97 Å². The summed E-state index contributed by atoms with van der Waals surface area (Å²) in [7, 11) is 0. The Hall–Kier alpha value is -1.50. The van der Waals surface area contributed by atoms with Crippen molar-refractivity contribution >= 4 is 27.6 Å². The van der Waals surface area contributed by atoms with Gasteiger partial charge in [0, 0.05) is 5.33 Å². The first-order valence-electron chi connectivity index (χ1n) is 3.73. The zero-order valence-electron chi connectivity index (χ0n) is 7.24. The predicted molar refractivity (Wildman–Crippen MR) is 52.6 cm³/mol. The van der Waals surface area contributed by atoms with Crippen LogP contribution in [0.25, 0.3) is 0 Å². The molecule has 0 saturated heterocycles. The fourth-order valence-electron chi connectivity index (χ4n) is 1.14. The van der Waals surface area contributed by atoms with Crippen molar-refractivity contribution < 1.29 is 19.2 Å². The van der Waals surface area contributed by atoms with Crippen LogP contribution in [0.2, 0.25) is 0 Å². The summed E-state index contributed by atoms with van der Waals surface area (Å²) in [5.74, 6) is -2.28. The number of carbonyl (C=O) groups is 1. The Kier molecular flexibility index (Phi) is 3.35. The minimum Gasteiger partial charge on any atom is -0.477 e. The SMILES string of the molecule is O=C(O)c1c(CBr)cc(F)cc1[N+](=O)[O-]. The van der Waals surface area contributed by atoms with Gasteiger partial charge in [0.1, 0.15) is 11.4 Å². The molecule has 15 heavy (non-hydrogen) atoms. The summed E-state index contributed by atoms with van der Waals surface area (Å²) in [6.45, 7) is 0. The lowest BCUT2D eigenvalue weighted by atomic mass is 10.1. The van der Waals surface area contributed by atoms with Gasteiger partial charge in [-0.25, -0.2) is 9.18 Å². The molecule has 0 atom stereocenters. The minimum atomic E-state index is -1.45. The molecule has 0 bridgehead atoms. The molecule has 0 aliphatic rings. The Morgan fingerprint density at radius 1 is 1.60 bits per heavy atom. The second-order valence-corrected chi connectivity index (χ2v) is 3.22. The molecule has 1 N–H and O–H groups in total. The first-order chi connectivity index (χ1) is 6.97. The van der Waals surface area contributed by atoms with Crippen molar-refractivity contribution in [2.24, 2.45) is 0 Å². The molecule has 0 fully saturated rings. The van der Waals surface area contributed by atoms with E-state index in [4.69, 9.17) is 5.11 Å². The monoisotopic (exact) mass is 277 g/mol. The summed E-state index contributed by atoms with van der Waals surface area (Å²) in [4.78, 5) is 20.4. The molecule has 1 rings (SSSR count). The lowest BCUT2D eigenvalue weighted by Gasteiger charge is -2.03. The van der Waals surface area contributed by atoms with E-state index in [0.29, 0.717) is 6.07 Å². The van der Waals surface area contributed by atoms with Crippen LogP contribution < -0.4 is 0 Å². The lowest BCUT2D eigenvalue weighted by Crippen LogP contribution is -2.07. The van der Waals surface area contributed by atoms with Crippen LogP contribution in [0.5, 0.6) is 0 Å². The van der Waals surface area contributed by atoms with Gasteiger partial charge in [-0.15, -0.1) is 0 Å². The minimum absolute atomic E-state index is 0.0350. The predicted octanol–water partition coefficient (Wildman–Crippen LogP) is 2.33. The van der Waals surface area contributed by atoms with Crippen LogP contribution >= 0.6 is 15.9 Å². The summed E-state index contributed by atoms with van der Waals surface area (Å²) in [5.41, 5.74) is -1.19. The van der Waals surface area contributed by atoms with E-state index in [9.17, 15) is 19.3 Å². The number of hydrogen-bond acceptors (Lipinski definition) is 3. The topological polar surface area (TPSA) is 80.4 Å². The van der Waals surface area contributed by atoms with Crippen LogP contribution in [0.4, 0.5) is 10.1 Å². The molecular weight excluding hydrogens is 273 g/mol. The average Bonchev–Trinajstić information content (AvgIpc) is 2.15. The first kappa shape index (κ1) is 11.6. The van der Waals surface area contributed by atoms with E-state index in [0.717, 1.165) is 6.07 Å². The molecule has 0 radical (unpaired) electrons. The van der Waals surface area contributed by atoms with Crippen molar-refractivity contribution in [3.63, 3.8) is 0 Å². The Morgan fingerprint density at radius 2 is 2.20 bits per heavy atom. The standard InChI is InChI=1S/C8H5BrFNO4/c9-3-4-1-5(10)2-6(11(14)15)7(4)8(12)13/h1-2H,3H2,(H,12,13). The van der Waals surface area contributed by atoms with Crippen molar-refractivity contribution in [2.45, 2.75) is 5.33 Å². The van der Waals surface area contributed by atoms with Gasteiger partial charge in [0.25, 0.3) is 5.69 Å². The summed E-state index contributed by atoms with van der Waals surface area (Å²) < 4.78 is 12.9. The number of carboxylic acids is 1. The maximum absolute atomic E-state index is 12.9. The van der Waals surface area contributed by atoms with E-state index >= 15 is 0 Å². The Balaban J connectivity index is 3.54. The van der Waals surface area contributed by atoms with Gasteiger partial charge in [-0.3, -0.25) is 10.1 Å². The number of hydrogen-bond donors (Lipinski definition) is 1. The number of alkyl halides is 1. The fourth-order valence-corrected chi connectivity index (χ4v) is 1.59. The van der Waals surface area contributed by atoms with Crippen LogP contribution in [-0.2, 0) is 5.33 Å². The number of carboxylic acid groups (broad SMARTS) is 1. The molecule has 5 nitrogen and oxygen atoms in total. The average molecular weight is 278 g/mol. The highest BCUT2D eigenvalue weighted by Gasteiger charge is 2.24. The molecule has 0 unspecified atom stereocenters. The highest BCUT2D eigenvalue weighted by Crippen LogP contribution is 2.25. The van der Waals surface area contributed by atoms with Crippen molar-refractivity contribution in [3.05, 3.63) is 39.2 Å². The smallest absolute Gasteiger partial charge is 0.343 e.